The number of hydrogen-bond donors (Lipinski definition) is 0. The number of ether oxygens (including phenoxy) is 3. The first-order valence-electron chi connectivity index (χ1n) is 7.75. The molecule has 0 saturated heterocycles. The molecule has 0 unspecified atom stereocenters. The van der Waals surface area contributed by atoms with Gasteiger partial charge in [0.2, 0.25) is 12.5 Å². The summed E-state index contributed by atoms with van der Waals surface area (Å²) >= 11 is 5.85. The molecule has 0 aliphatic carbocycles. The minimum atomic E-state index is -0.625. The van der Waals surface area contributed by atoms with E-state index in [1.807, 2.05) is 0 Å². The van der Waals surface area contributed by atoms with Crippen LogP contribution in [0, 0.1) is 0 Å². The van der Waals surface area contributed by atoms with Gasteiger partial charge in [0.25, 0.3) is 5.91 Å². The average molecular weight is 373 g/mol. The second kappa shape index (κ2) is 6.34. The van der Waals surface area contributed by atoms with Crippen LogP contribution >= 0.6 is 11.6 Å². The van der Waals surface area contributed by atoms with Crippen LogP contribution in [0.25, 0.3) is 0 Å². The highest BCUT2D eigenvalue weighted by Crippen LogP contribution is 2.42. The Morgan fingerprint density at radius 2 is 1.96 bits per heavy atom. The van der Waals surface area contributed by atoms with Crippen molar-refractivity contribution in [2.24, 2.45) is 4.99 Å². The number of urea groups is 1. The van der Waals surface area contributed by atoms with Crippen LogP contribution in [0.2, 0.25) is 5.02 Å². The number of aliphatic imine (C=N–C) groups is 1. The molecule has 3 amide bonds. The van der Waals surface area contributed by atoms with Crippen molar-refractivity contribution in [3.05, 3.63) is 47.0 Å². The number of halogens is 1. The molecule has 2 aliphatic rings. The van der Waals surface area contributed by atoms with E-state index >= 15 is 0 Å². The lowest BCUT2D eigenvalue weighted by molar-refractivity contribution is -0.111. The van der Waals surface area contributed by atoms with Gasteiger partial charge >= 0.3 is 6.03 Å². The maximum atomic E-state index is 12.6. The lowest BCUT2D eigenvalue weighted by Crippen LogP contribution is -2.33. The molecule has 2 aromatic carbocycles. The van der Waals surface area contributed by atoms with E-state index in [0.717, 1.165) is 10.5 Å². The Hall–Kier alpha value is -3.06. The third-order valence-corrected chi connectivity index (χ3v) is 4.30. The number of carbonyl (C=O) groups is 2. The SMILES string of the molecule is COc1cc(CC2=NC(=O)N(c3ccc(Cl)cc3)C2=O)cc2c1OCO2. The van der Waals surface area contributed by atoms with Gasteiger partial charge in [-0.3, -0.25) is 4.79 Å². The first kappa shape index (κ1) is 16.4. The zero-order valence-corrected chi connectivity index (χ0v) is 14.4. The number of rotatable bonds is 4. The van der Waals surface area contributed by atoms with Gasteiger partial charge in [0.15, 0.2) is 11.5 Å². The van der Waals surface area contributed by atoms with Crippen LogP contribution in [0.3, 0.4) is 0 Å². The topological polar surface area (TPSA) is 77.4 Å². The van der Waals surface area contributed by atoms with Crippen LogP contribution in [0.5, 0.6) is 17.2 Å². The summed E-state index contributed by atoms with van der Waals surface area (Å²) in [6.07, 6.45) is 0.168. The molecule has 0 saturated carbocycles. The summed E-state index contributed by atoms with van der Waals surface area (Å²) in [6, 6.07) is 9.27. The monoisotopic (exact) mass is 372 g/mol. The fourth-order valence-corrected chi connectivity index (χ4v) is 2.97. The van der Waals surface area contributed by atoms with E-state index in [9.17, 15) is 9.59 Å². The highest BCUT2D eigenvalue weighted by molar-refractivity contribution is 6.54. The highest BCUT2D eigenvalue weighted by atomic mass is 35.5. The molecule has 0 spiro atoms. The van der Waals surface area contributed by atoms with E-state index in [1.165, 1.54) is 7.11 Å². The predicted octanol–water partition coefficient (Wildman–Crippen LogP) is 3.23. The van der Waals surface area contributed by atoms with Gasteiger partial charge in [-0.15, -0.1) is 0 Å². The number of imide groups is 1. The fraction of sp³-hybridized carbons (Fsp3) is 0.167. The van der Waals surface area contributed by atoms with E-state index < -0.39 is 11.9 Å². The van der Waals surface area contributed by atoms with Gasteiger partial charge in [-0.1, -0.05) is 11.6 Å². The normalized spacial score (nSPS) is 15.5. The van der Waals surface area contributed by atoms with Gasteiger partial charge in [0.1, 0.15) is 5.71 Å². The number of anilines is 1. The number of nitrogens with zero attached hydrogens (tertiary/aromatic N) is 2. The van der Waals surface area contributed by atoms with E-state index in [2.05, 4.69) is 4.99 Å². The molecule has 2 heterocycles. The van der Waals surface area contributed by atoms with Crippen LogP contribution in [0.1, 0.15) is 5.56 Å². The molecular formula is C18H13ClN2O5. The van der Waals surface area contributed by atoms with Crippen molar-refractivity contribution in [2.45, 2.75) is 6.42 Å². The number of amides is 3. The van der Waals surface area contributed by atoms with Crippen LogP contribution in [-0.2, 0) is 11.2 Å². The Labute approximate surface area is 153 Å². The van der Waals surface area contributed by atoms with E-state index in [0.29, 0.717) is 28.0 Å². The van der Waals surface area contributed by atoms with Crippen molar-refractivity contribution in [3.8, 4) is 17.2 Å². The van der Waals surface area contributed by atoms with E-state index in [4.69, 9.17) is 25.8 Å². The summed E-state index contributed by atoms with van der Waals surface area (Å²) in [5, 5.41) is 0.515. The average Bonchev–Trinajstić information content (AvgIpc) is 3.20. The summed E-state index contributed by atoms with van der Waals surface area (Å²) in [7, 11) is 1.52. The van der Waals surface area contributed by atoms with E-state index in [-0.39, 0.29) is 18.9 Å². The minimum absolute atomic E-state index is 0.109. The van der Waals surface area contributed by atoms with Crippen molar-refractivity contribution in [2.75, 3.05) is 18.8 Å². The van der Waals surface area contributed by atoms with Gasteiger partial charge in [-0.05, 0) is 42.0 Å². The number of hydrogen-bond acceptors (Lipinski definition) is 5. The van der Waals surface area contributed by atoms with Crippen molar-refractivity contribution in [1.29, 1.82) is 0 Å². The van der Waals surface area contributed by atoms with Gasteiger partial charge < -0.3 is 14.2 Å². The Morgan fingerprint density at radius 3 is 2.69 bits per heavy atom. The largest absolute Gasteiger partial charge is 0.493 e. The first-order valence-corrected chi connectivity index (χ1v) is 8.12. The predicted molar refractivity (Wildman–Crippen MR) is 94.6 cm³/mol. The van der Waals surface area contributed by atoms with Crippen LogP contribution in [0.4, 0.5) is 10.5 Å². The lowest BCUT2D eigenvalue weighted by Gasteiger charge is -2.13. The molecule has 0 radical (unpaired) electrons. The number of methoxy groups -OCH3 is 1. The zero-order chi connectivity index (χ0) is 18.3. The Morgan fingerprint density at radius 1 is 1.19 bits per heavy atom. The van der Waals surface area contributed by atoms with Crippen LogP contribution in [0.15, 0.2) is 41.4 Å². The van der Waals surface area contributed by atoms with Crippen molar-refractivity contribution in [3.63, 3.8) is 0 Å². The Bertz CT molecular complexity index is 939. The molecule has 4 rings (SSSR count). The van der Waals surface area contributed by atoms with Gasteiger partial charge in [0, 0.05) is 11.4 Å². The molecule has 0 aromatic heterocycles. The lowest BCUT2D eigenvalue weighted by atomic mass is 10.1. The molecule has 7 nitrogen and oxygen atoms in total. The van der Waals surface area contributed by atoms with Crippen LogP contribution in [-0.4, -0.2) is 31.6 Å². The molecule has 8 heteroatoms. The first-order chi connectivity index (χ1) is 12.6. The maximum absolute atomic E-state index is 12.6. The van der Waals surface area contributed by atoms with Crippen molar-refractivity contribution < 1.29 is 23.8 Å². The minimum Gasteiger partial charge on any atom is -0.493 e. The molecule has 2 aromatic rings. The second-order valence-electron chi connectivity index (χ2n) is 5.67. The molecule has 0 atom stereocenters. The van der Waals surface area contributed by atoms with Crippen molar-refractivity contribution in [1.82, 2.24) is 0 Å². The number of benzene rings is 2. The zero-order valence-electron chi connectivity index (χ0n) is 13.7. The van der Waals surface area contributed by atoms with Crippen molar-refractivity contribution >= 4 is 34.9 Å². The molecular weight excluding hydrogens is 360 g/mol. The molecule has 0 bridgehead atoms. The maximum Gasteiger partial charge on any atom is 0.355 e. The quantitative estimate of drug-likeness (QED) is 0.823. The molecule has 2 aliphatic heterocycles. The third kappa shape index (κ3) is 2.76. The summed E-state index contributed by atoms with van der Waals surface area (Å²) in [5.74, 6) is 1.09. The second-order valence-corrected chi connectivity index (χ2v) is 6.10. The Balaban J connectivity index is 1.60. The van der Waals surface area contributed by atoms with Gasteiger partial charge in [0.05, 0.1) is 12.8 Å². The smallest absolute Gasteiger partial charge is 0.355 e. The number of carbonyl (C=O) groups excluding carboxylic acids is 2. The summed E-state index contributed by atoms with van der Waals surface area (Å²) in [4.78, 5) is 29.8. The third-order valence-electron chi connectivity index (χ3n) is 4.05. The Kier molecular flexibility index (Phi) is 4.00. The van der Waals surface area contributed by atoms with Gasteiger partial charge in [-0.25, -0.2) is 9.69 Å². The fourth-order valence-electron chi connectivity index (χ4n) is 2.84. The molecule has 132 valence electrons. The van der Waals surface area contributed by atoms with Gasteiger partial charge in [-0.2, -0.15) is 4.99 Å². The summed E-state index contributed by atoms with van der Waals surface area (Å²) < 4.78 is 16.0. The molecule has 26 heavy (non-hydrogen) atoms. The molecule has 0 fully saturated rings. The number of fused-ring (bicyclic) bond motifs is 1. The van der Waals surface area contributed by atoms with E-state index in [1.54, 1.807) is 36.4 Å². The standard InChI is InChI=1S/C18H13ClN2O5/c1-24-14-7-10(8-15-16(14)26-9-25-15)6-13-17(22)21(18(23)20-13)12-4-2-11(19)3-5-12/h2-5,7-8H,6,9H2,1H3. The summed E-state index contributed by atoms with van der Waals surface area (Å²) in [6.45, 7) is 0.109. The molecule has 0 N–H and O–H groups in total. The summed E-state index contributed by atoms with van der Waals surface area (Å²) in [5.41, 5.74) is 1.29. The highest BCUT2D eigenvalue weighted by Gasteiger charge is 2.34. The van der Waals surface area contributed by atoms with Crippen LogP contribution < -0.4 is 19.1 Å².